The number of anilines is 1. The van der Waals surface area contributed by atoms with Gasteiger partial charge in [-0.2, -0.15) is 0 Å². The molecule has 0 atom stereocenters. The minimum absolute atomic E-state index is 0.0290. The van der Waals surface area contributed by atoms with E-state index in [2.05, 4.69) is 10.6 Å². The third kappa shape index (κ3) is 4.04. The Hall–Kier alpha value is -1.92. The zero-order chi connectivity index (χ0) is 14.6. The largest absolute Gasteiger partial charge is 0.369 e. The number of hydrogen-bond donors (Lipinski definition) is 3. The summed E-state index contributed by atoms with van der Waals surface area (Å²) in [5.41, 5.74) is 6.37. The molecule has 0 aliphatic carbocycles. The average molecular weight is 277 g/mol. The molecule has 0 radical (unpaired) electrons. The summed E-state index contributed by atoms with van der Waals surface area (Å²) in [5.74, 6) is -0.571. The van der Waals surface area contributed by atoms with Crippen LogP contribution in [-0.4, -0.2) is 37.1 Å². The molecule has 1 fully saturated rings. The van der Waals surface area contributed by atoms with E-state index in [-0.39, 0.29) is 30.4 Å². The van der Waals surface area contributed by atoms with Gasteiger partial charge in [-0.15, -0.1) is 0 Å². The second kappa shape index (κ2) is 6.02. The minimum Gasteiger partial charge on any atom is -0.369 e. The van der Waals surface area contributed by atoms with Crippen molar-refractivity contribution in [3.05, 3.63) is 29.8 Å². The molecule has 0 saturated carbocycles. The van der Waals surface area contributed by atoms with Gasteiger partial charge in [0.05, 0.1) is 12.0 Å². The normalized spacial score (nSPS) is 16.2. The van der Waals surface area contributed by atoms with Crippen LogP contribution in [0.4, 0.5) is 5.69 Å². The molecule has 108 valence electrons. The van der Waals surface area contributed by atoms with Gasteiger partial charge in [-0.05, 0) is 24.6 Å². The van der Waals surface area contributed by atoms with E-state index >= 15 is 0 Å². The van der Waals surface area contributed by atoms with Crippen molar-refractivity contribution < 1.29 is 14.3 Å². The van der Waals surface area contributed by atoms with Crippen LogP contribution in [-0.2, 0) is 20.7 Å². The summed E-state index contributed by atoms with van der Waals surface area (Å²) < 4.78 is 5.54. The Morgan fingerprint density at radius 3 is 2.50 bits per heavy atom. The number of nitrogens with two attached hydrogens (primary N) is 1. The number of carbonyl (C=O) groups is 2. The summed E-state index contributed by atoms with van der Waals surface area (Å²) in [6.45, 7) is 3.53. The third-order valence-electron chi connectivity index (χ3n) is 3.17. The molecule has 1 aromatic rings. The van der Waals surface area contributed by atoms with Crippen molar-refractivity contribution in [1.82, 2.24) is 5.32 Å². The molecular formula is C14H19N3O3. The molecule has 0 bridgehead atoms. The van der Waals surface area contributed by atoms with Crippen LogP contribution in [0, 0.1) is 0 Å². The van der Waals surface area contributed by atoms with Crippen molar-refractivity contribution in [3.63, 3.8) is 0 Å². The van der Waals surface area contributed by atoms with Gasteiger partial charge in [-0.25, -0.2) is 0 Å². The number of ether oxygens (including phenoxy) is 1. The van der Waals surface area contributed by atoms with E-state index in [1.807, 2.05) is 6.92 Å². The quantitative estimate of drug-likeness (QED) is 0.684. The van der Waals surface area contributed by atoms with E-state index in [1.54, 1.807) is 24.3 Å². The van der Waals surface area contributed by atoms with E-state index in [9.17, 15) is 9.59 Å². The second-order valence-electron chi connectivity index (χ2n) is 5.23. The van der Waals surface area contributed by atoms with Gasteiger partial charge in [0, 0.05) is 18.8 Å². The van der Waals surface area contributed by atoms with Gasteiger partial charge < -0.3 is 21.1 Å². The Labute approximate surface area is 117 Å². The zero-order valence-electron chi connectivity index (χ0n) is 11.4. The number of carbonyl (C=O) groups excluding carboxylic acids is 2. The molecule has 6 nitrogen and oxygen atoms in total. The number of nitrogens with one attached hydrogen (secondary N) is 2. The summed E-state index contributed by atoms with van der Waals surface area (Å²) in [6, 6.07) is 7.00. The molecule has 1 aromatic carbocycles. The Kier molecular flexibility index (Phi) is 4.36. The highest BCUT2D eigenvalue weighted by Gasteiger charge is 2.32. The van der Waals surface area contributed by atoms with Crippen molar-refractivity contribution in [2.24, 2.45) is 5.73 Å². The first-order valence-corrected chi connectivity index (χ1v) is 6.49. The van der Waals surface area contributed by atoms with Crippen LogP contribution in [0.15, 0.2) is 24.3 Å². The SMILES string of the molecule is CC1(OCC(=O)Nc2ccc(CC(N)=O)cc2)CNC1. The van der Waals surface area contributed by atoms with Crippen LogP contribution < -0.4 is 16.4 Å². The van der Waals surface area contributed by atoms with Crippen molar-refractivity contribution in [3.8, 4) is 0 Å². The maximum atomic E-state index is 11.7. The third-order valence-corrected chi connectivity index (χ3v) is 3.17. The van der Waals surface area contributed by atoms with Crippen LogP contribution in [0.5, 0.6) is 0 Å². The van der Waals surface area contributed by atoms with E-state index in [4.69, 9.17) is 10.5 Å². The highest BCUT2D eigenvalue weighted by Crippen LogP contribution is 2.15. The lowest BCUT2D eigenvalue weighted by Crippen LogP contribution is -2.59. The lowest BCUT2D eigenvalue weighted by atomic mass is 10.0. The first-order chi connectivity index (χ1) is 9.47. The van der Waals surface area contributed by atoms with Crippen LogP contribution >= 0.6 is 0 Å². The molecule has 1 aliphatic heterocycles. The lowest BCUT2D eigenvalue weighted by Gasteiger charge is -2.38. The van der Waals surface area contributed by atoms with Crippen LogP contribution in [0.25, 0.3) is 0 Å². The Bertz CT molecular complexity index is 495. The number of benzene rings is 1. The summed E-state index contributed by atoms with van der Waals surface area (Å²) in [6.07, 6.45) is 0.197. The average Bonchev–Trinajstić information content (AvgIpc) is 2.36. The molecule has 2 rings (SSSR count). The predicted octanol–water partition coefficient (Wildman–Crippen LogP) is 0.0314. The number of rotatable bonds is 6. The molecular weight excluding hydrogens is 258 g/mol. The zero-order valence-corrected chi connectivity index (χ0v) is 11.4. The van der Waals surface area contributed by atoms with Crippen LogP contribution in [0.3, 0.4) is 0 Å². The fourth-order valence-electron chi connectivity index (χ4n) is 1.92. The molecule has 1 aliphatic rings. The summed E-state index contributed by atoms with van der Waals surface area (Å²) in [5, 5.41) is 5.85. The van der Waals surface area contributed by atoms with Gasteiger partial charge >= 0.3 is 0 Å². The highest BCUT2D eigenvalue weighted by atomic mass is 16.5. The number of hydrogen-bond acceptors (Lipinski definition) is 4. The predicted molar refractivity (Wildman–Crippen MR) is 75.2 cm³/mol. The van der Waals surface area contributed by atoms with E-state index < -0.39 is 0 Å². The second-order valence-corrected chi connectivity index (χ2v) is 5.23. The van der Waals surface area contributed by atoms with Crippen molar-refractivity contribution in [1.29, 1.82) is 0 Å². The standard InChI is InChI=1S/C14H19N3O3/c1-14(8-16-9-14)20-7-13(19)17-11-4-2-10(3-5-11)6-12(15)18/h2-5,16H,6-9H2,1H3,(H2,15,18)(H,17,19). The van der Waals surface area contributed by atoms with Crippen LogP contribution in [0.2, 0.25) is 0 Å². The van der Waals surface area contributed by atoms with Crippen molar-refractivity contribution >= 4 is 17.5 Å². The number of primary amides is 1. The van der Waals surface area contributed by atoms with Crippen molar-refractivity contribution in [2.75, 3.05) is 25.0 Å². The van der Waals surface area contributed by atoms with Gasteiger partial charge in [0.15, 0.2) is 0 Å². The monoisotopic (exact) mass is 277 g/mol. The molecule has 6 heteroatoms. The Balaban J connectivity index is 1.80. The fourth-order valence-corrected chi connectivity index (χ4v) is 1.92. The molecule has 1 heterocycles. The topological polar surface area (TPSA) is 93.4 Å². The molecule has 0 unspecified atom stereocenters. The molecule has 0 aromatic heterocycles. The smallest absolute Gasteiger partial charge is 0.250 e. The van der Waals surface area contributed by atoms with Crippen LogP contribution in [0.1, 0.15) is 12.5 Å². The molecule has 20 heavy (non-hydrogen) atoms. The molecule has 1 saturated heterocycles. The Morgan fingerprint density at radius 2 is 2.00 bits per heavy atom. The summed E-state index contributed by atoms with van der Waals surface area (Å²) >= 11 is 0. The van der Waals surface area contributed by atoms with E-state index in [1.165, 1.54) is 0 Å². The highest BCUT2D eigenvalue weighted by molar-refractivity contribution is 5.91. The maximum Gasteiger partial charge on any atom is 0.250 e. The summed E-state index contributed by atoms with van der Waals surface area (Å²) in [7, 11) is 0. The minimum atomic E-state index is -0.377. The lowest BCUT2D eigenvalue weighted by molar-refractivity contribution is -0.130. The number of amides is 2. The Morgan fingerprint density at radius 1 is 1.35 bits per heavy atom. The maximum absolute atomic E-state index is 11.7. The van der Waals surface area contributed by atoms with E-state index in [0.717, 1.165) is 18.7 Å². The van der Waals surface area contributed by atoms with Gasteiger partial charge in [-0.3, -0.25) is 9.59 Å². The molecule has 2 amide bonds. The first kappa shape index (κ1) is 14.5. The first-order valence-electron chi connectivity index (χ1n) is 6.49. The molecule has 0 spiro atoms. The van der Waals surface area contributed by atoms with Crippen molar-refractivity contribution in [2.45, 2.75) is 18.9 Å². The molecule has 4 N–H and O–H groups in total. The van der Waals surface area contributed by atoms with E-state index in [0.29, 0.717) is 5.69 Å². The van der Waals surface area contributed by atoms with Gasteiger partial charge in [0.2, 0.25) is 11.8 Å². The van der Waals surface area contributed by atoms with Gasteiger partial charge in [-0.1, -0.05) is 12.1 Å². The van der Waals surface area contributed by atoms with Gasteiger partial charge in [0.25, 0.3) is 0 Å². The fraction of sp³-hybridized carbons (Fsp3) is 0.429. The summed E-state index contributed by atoms with van der Waals surface area (Å²) in [4.78, 5) is 22.5. The van der Waals surface area contributed by atoms with Gasteiger partial charge in [0.1, 0.15) is 6.61 Å².